The molecule has 3 aromatic heterocycles. The molecule has 0 aliphatic heterocycles. The lowest BCUT2D eigenvalue weighted by atomic mass is 10.2. The Morgan fingerprint density at radius 2 is 1.81 bits per heavy atom. The maximum Gasteiger partial charge on any atom is 0.266 e. The first-order chi connectivity index (χ1) is 15.5. The molecule has 0 fully saturated rings. The number of anilines is 1. The predicted octanol–water partition coefficient (Wildman–Crippen LogP) is 2.50. The zero-order chi connectivity index (χ0) is 22.2. The smallest absolute Gasteiger partial charge is 0.266 e. The highest BCUT2D eigenvalue weighted by Gasteiger charge is 2.24. The Morgan fingerprint density at radius 3 is 2.62 bits per heavy atom. The van der Waals surface area contributed by atoms with Gasteiger partial charge < -0.3 is 11.1 Å². The molecular formula is C23H19N7O2. The van der Waals surface area contributed by atoms with Crippen LogP contribution in [0.2, 0.25) is 0 Å². The average Bonchev–Trinajstić information content (AvgIpc) is 3.15. The first kappa shape index (κ1) is 19.4. The minimum atomic E-state index is -0.613. The van der Waals surface area contributed by atoms with Crippen LogP contribution in [0.25, 0.3) is 22.2 Å². The van der Waals surface area contributed by atoms with E-state index in [-0.39, 0.29) is 16.9 Å². The average molecular weight is 425 g/mol. The number of hydrogen-bond acceptors (Lipinski definition) is 6. The summed E-state index contributed by atoms with van der Waals surface area (Å²) in [6.07, 6.45) is 3.23. The Balaban J connectivity index is 1.61. The highest BCUT2D eigenvalue weighted by atomic mass is 16.2. The molecule has 32 heavy (non-hydrogen) atoms. The first-order valence-corrected chi connectivity index (χ1v) is 10.0. The summed E-state index contributed by atoms with van der Waals surface area (Å²) in [7, 11) is 0. The van der Waals surface area contributed by atoms with Gasteiger partial charge >= 0.3 is 0 Å². The number of para-hydroxylation sites is 2. The second-order valence-corrected chi connectivity index (χ2v) is 7.31. The Kier molecular flexibility index (Phi) is 4.63. The van der Waals surface area contributed by atoms with Gasteiger partial charge in [0.25, 0.3) is 11.5 Å². The number of nitrogen functional groups attached to an aromatic ring is 1. The Labute approximate surface area is 182 Å². The lowest BCUT2D eigenvalue weighted by molar-refractivity contribution is 0.0940. The highest BCUT2D eigenvalue weighted by molar-refractivity contribution is 6.04. The molecule has 9 heteroatoms. The molecule has 9 nitrogen and oxygen atoms in total. The molecule has 5 aromatic rings. The normalized spacial score (nSPS) is 12.2. The summed E-state index contributed by atoms with van der Waals surface area (Å²) in [5, 5.41) is 7.53. The quantitative estimate of drug-likeness (QED) is 0.456. The number of amides is 1. The Bertz CT molecular complexity index is 1520. The van der Waals surface area contributed by atoms with E-state index in [1.165, 1.54) is 9.08 Å². The molecule has 0 bridgehead atoms. The van der Waals surface area contributed by atoms with Gasteiger partial charge in [0, 0.05) is 12.4 Å². The van der Waals surface area contributed by atoms with Gasteiger partial charge in [0.05, 0.1) is 22.6 Å². The minimum absolute atomic E-state index is 0.0697. The molecule has 3 N–H and O–H groups in total. The van der Waals surface area contributed by atoms with Gasteiger partial charge in [-0.25, -0.2) is 14.5 Å². The molecule has 2 aromatic carbocycles. The number of rotatable bonds is 4. The lowest BCUT2D eigenvalue weighted by Gasteiger charge is -2.19. The lowest BCUT2D eigenvalue weighted by Crippen LogP contribution is -2.33. The first-order valence-electron chi connectivity index (χ1n) is 10.0. The zero-order valence-corrected chi connectivity index (χ0v) is 17.1. The Hall–Kier alpha value is -4.53. The number of benzene rings is 2. The van der Waals surface area contributed by atoms with Crippen molar-refractivity contribution in [2.45, 2.75) is 13.0 Å². The summed E-state index contributed by atoms with van der Waals surface area (Å²) < 4.78 is 2.97. The van der Waals surface area contributed by atoms with Crippen LogP contribution < -0.4 is 16.6 Å². The van der Waals surface area contributed by atoms with Crippen molar-refractivity contribution in [3.05, 3.63) is 94.8 Å². The van der Waals surface area contributed by atoms with Crippen LogP contribution in [0.15, 0.2) is 77.9 Å². The van der Waals surface area contributed by atoms with Crippen molar-refractivity contribution in [1.82, 2.24) is 29.5 Å². The summed E-state index contributed by atoms with van der Waals surface area (Å²) in [5.41, 5.74) is 7.50. The number of hydrogen-bond donors (Lipinski definition) is 2. The second kappa shape index (κ2) is 7.62. The highest BCUT2D eigenvalue weighted by Crippen LogP contribution is 2.20. The van der Waals surface area contributed by atoms with Crippen molar-refractivity contribution in [3.8, 4) is 5.69 Å². The summed E-state index contributed by atoms with van der Waals surface area (Å²) in [6, 6.07) is 17.4. The molecule has 0 aliphatic carbocycles. The van der Waals surface area contributed by atoms with E-state index in [9.17, 15) is 9.59 Å². The van der Waals surface area contributed by atoms with Gasteiger partial charge in [-0.15, -0.1) is 5.10 Å². The largest absolute Gasteiger partial charge is 0.381 e. The number of carbonyl (C=O) groups excluding carboxylic acids is 1. The fraction of sp³-hybridized carbons (Fsp3) is 0.0870. The molecule has 0 aliphatic rings. The molecule has 1 amide bonds. The van der Waals surface area contributed by atoms with E-state index in [4.69, 9.17) is 10.7 Å². The predicted molar refractivity (Wildman–Crippen MR) is 121 cm³/mol. The van der Waals surface area contributed by atoms with Crippen LogP contribution in [-0.2, 0) is 0 Å². The maximum absolute atomic E-state index is 13.4. The molecule has 0 radical (unpaired) electrons. The third-order valence-corrected chi connectivity index (χ3v) is 5.20. The van der Waals surface area contributed by atoms with Crippen molar-refractivity contribution in [3.63, 3.8) is 0 Å². The van der Waals surface area contributed by atoms with Gasteiger partial charge in [0.2, 0.25) is 0 Å². The molecule has 1 unspecified atom stereocenters. The van der Waals surface area contributed by atoms with E-state index < -0.39 is 11.9 Å². The van der Waals surface area contributed by atoms with Crippen LogP contribution in [0, 0.1) is 0 Å². The standard InChI is InChI=1S/C23H19N7O2/c1-14(26-22(31)18-19(24)28-29-13-7-12-25-21(18)29)20-27-17-11-6-5-10-16(17)23(32)30(20)15-8-3-2-4-9-15/h2-14H,1H3,(H2,24,28)(H,26,31). The van der Waals surface area contributed by atoms with E-state index in [1.807, 2.05) is 36.4 Å². The number of carbonyl (C=O) groups is 1. The van der Waals surface area contributed by atoms with Gasteiger partial charge in [-0.05, 0) is 37.3 Å². The molecular weight excluding hydrogens is 406 g/mol. The van der Waals surface area contributed by atoms with Crippen LogP contribution in [0.1, 0.15) is 29.1 Å². The maximum atomic E-state index is 13.4. The minimum Gasteiger partial charge on any atom is -0.381 e. The van der Waals surface area contributed by atoms with Gasteiger partial charge in [0.15, 0.2) is 11.5 Å². The Morgan fingerprint density at radius 1 is 1.06 bits per heavy atom. The molecule has 0 spiro atoms. The molecule has 0 saturated carbocycles. The summed E-state index contributed by atoms with van der Waals surface area (Å²) in [4.78, 5) is 35.4. The van der Waals surface area contributed by atoms with E-state index in [0.717, 1.165) is 0 Å². The number of aromatic nitrogens is 5. The number of nitrogens with two attached hydrogens (primary N) is 1. The van der Waals surface area contributed by atoms with Crippen molar-refractivity contribution in [2.24, 2.45) is 0 Å². The number of nitrogens with one attached hydrogen (secondary N) is 1. The molecule has 5 rings (SSSR count). The van der Waals surface area contributed by atoms with Crippen LogP contribution in [0.4, 0.5) is 5.82 Å². The van der Waals surface area contributed by atoms with Crippen LogP contribution >= 0.6 is 0 Å². The topological polar surface area (TPSA) is 120 Å². The van der Waals surface area contributed by atoms with Gasteiger partial charge in [0.1, 0.15) is 11.4 Å². The number of nitrogens with zero attached hydrogens (tertiary/aromatic N) is 5. The van der Waals surface area contributed by atoms with Crippen molar-refractivity contribution >= 4 is 28.3 Å². The third kappa shape index (κ3) is 3.16. The van der Waals surface area contributed by atoms with E-state index in [0.29, 0.717) is 28.1 Å². The van der Waals surface area contributed by atoms with Crippen LogP contribution in [-0.4, -0.2) is 30.1 Å². The summed E-state index contributed by atoms with van der Waals surface area (Å²) in [5.74, 6) is 0.0160. The van der Waals surface area contributed by atoms with Crippen LogP contribution in [0.5, 0.6) is 0 Å². The monoisotopic (exact) mass is 425 g/mol. The summed E-state index contributed by atoms with van der Waals surface area (Å²) >= 11 is 0. The number of fused-ring (bicyclic) bond motifs is 2. The molecule has 1 atom stereocenters. The fourth-order valence-corrected chi connectivity index (χ4v) is 3.72. The summed E-state index contributed by atoms with van der Waals surface area (Å²) in [6.45, 7) is 1.77. The van der Waals surface area contributed by atoms with Crippen LogP contribution in [0.3, 0.4) is 0 Å². The van der Waals surface area contributed by atoms with E-state index in [2.05, 4.69) is 15.4 Å². The molecule has 0 saturated heterocycles. The molecule has 3 heterocycles. The van der Waals surface area contributed by atoms with Gasteiger partial charge in [-0.1, -0.05) is 30.3 Å². The zero-order valence-electron chi connectivity index (χ0n) is 17.1. The SMILES string of the molecule is CC(NC(=O)c1c(N)nn2cccnc12)c1nc2ccccc2c(=O)n1-c1ccccc1. The van der Waals surface area contributed by atoms with Crippen molar-refractivity contribution in [2.75, 3.05) is 5.73 Å². The second-order valence-electron chi connectivity index (χ2n) is 7.31. The fourth-order valence-electron chi connectivity index (χ4n) is 3.72. The van der Waals surface area contributed by atoms with Gasteiger partial charge in [-0.3, -0.25) is 14.2 Å². The third-order valence-electron chi connectivity index (χ3n) is 5.20. The van der Waals surface area contributed by atoms with E-state index in [1.54, 1.807) is 43.6 Å². The molecule has 158 valence electrons. The van der Waals surface area contributed by atoms with Crippen molar-refractivity contribution < 1.29 is 4.79 Å². The van der Waals surface area contributed by atoms with Crippen molar-refractivity contribution in [1.29, 1.82) is 0 Å². The van der Waals surface area contributed by atoms with Gasteiger partial charge in [-0.2, -0.15) is 0 Å². The van der Waals surface area contributed by atoms with E-state index >= 15 is 0 Å².